The van der Waals surface area contributed by atoms with Gasteiger partial charge in [-0.05, 0) is 65.8 Å². The van der Waals surface area contributed by atoms with Crippen LogP contribution in [0.3, 0.4) is 0 Å². The van der Waals surface area contributed by atoms with Crippen LogP contribution in [0.15, 0.2) is 53.6 Å². The van der Waals surface area contributed by atoms with Gasteiger partial charge in [0.25, 0.3) is 5.91 Å². The van der Waals surface area contributed by atoms with Crippen molar-refractivity contribution < 1.29 is 9.53 Å². The van der Waals surface area contributed by atoms with Gasteiger partial charge in [0.1, 0.15) is 5.75 Å². The van der Waals surface area contributed by atoms with Gasteiger partial charge in [-0.1, -0.05) is 44.2 Å². The number of fused-ring (bicyclic) bond motifs is 1. The van der Waals surface area contributed by atoms with Crippen LogP contribution in [0.2, 0.25) is 0 Å². The molecule has 1 aromatic rings. The van der Waals surface area contributed by atoms with E-state index in [1.807, 2.05) is 24.3 Å². The van der Waals surface area contributed by atoms with E-state index in [0.29, 0.717) is 11.7 Å². The minimum atomic E-state index is -0.228. The fourth-order valence-electron chi connectivity index (χ4n) is 3.52. The first kappa shape index (κ1) is 21.4. The molecule has 5 nitrogen and oxygen atoms in total. The zero-order valence-corrected chi connectivity index (χ0v) is 18.2. The molecular weight excluding hydrogens is 374 g/mol. The van der Waals surface area contributed by atoms with Crippen LogP contribution in [0, 0.1) is 13.8 Å². The number of carbonyl (C=O) groups is 1. The molecule has 0 fully saturated rings. The Kier molecular flexibility index (Phi) is 6.72. The van der Waals surface area contributed by atoms with Crippen LogP contribution in [0.25, 0.3) is 11.1 Å². The fraction of sp³-hybridized carbons (Fsp3) is 0.280. The number of para-hydroxylation sites is 2. The Labute approximate surface area is 178 Å². The number of amides is 1. The number of carbonyl (C=O) groups excluding carboxylic acids is 1. The lowest BCUT2D eigenvalue weighted by atomic mass is 10.0. The number of anilines is 1. The molecule has 0 spiro atoms. The summed E-state index contributed by atoms with van der Waals surface area (Å²) in [6.07, 6.45) is 1.72. The minimum absolute atomic E-state index is 0.101. The molecule has 0 bridgehead atoms. The third-order valence-electron chi connectivity index (χ3n) is 5.19. The van der Waals surface area contributed by atoms with Crippen LogP contribution < -0.4 is 15.5 Å². The number of hydrazone groups is 1. The second-order valence-electron chi connectivity index (χ2n) is 7.73. The molecule has 0 saturated carbocycles. The number of nitrogens with one attached hydrogen (secondary N) is 2. The third kappa shape index (κ3) is 4.79. The Balaban J connectivity index is 1.70. The van der Waals surface area contributed by atoms with E-state index in [1.165, 1.54) is 27.8 Å². The van der Waals surface area contributed by atoms with E-state index in [1.54, 1.807) is 13.3 Å². The van der Waals surface area contributed by atoms with Crippen molar-refractivity contribution in [1.29, 1.82) is 0 Å². The van der Waals surface area contributed by atoms with E-state index in [-0.39, 0.29) is 12.5 Å². The molecule has 2 aliphatic carbocycles. The first-order valence-corrected chi connectivity index (χ1v) is 10.1. The first-order valence-electron chi connectivity index (χ1n) is 10.1. The molecule has 0 unspecified atom stereocenters. The van der Waals surface area contributed by atoms with Crippen molar-refractivity contribution >= 4 is 17.8 Å². The largest absolute Gasteiger partial charge is 0.495 e. The van der Waals surface area contributed by atoms with E-state index in [0.717, 1.165) is 11.3 Å². The van der Waals surface area contributed by atoms with Crippen LogP contribution in [0.1, 0.15) is 42.0 Å². The molecule has 0 aliphatic heterocycles. The SMILES string of the molecule is COc1ccccc1NCC(=O)NN=Cc1cc(C)c2cc(C(C)C)ccc(C)c1-2. The smallest absolute Gasteiger partial charge is 0.259 e. The molecule has 2 aliphatic rings. The predicted molar refractivity (Wildman–Crippen MR) is 124 cm³/mol. The zero-order valence-electron chi connectivity index (χ0n) is 18.2. The molecule has 2 N–H and O–H groups in total. The lowest BCUT2D eigenvalue weighted by Crippen LogP contribution is -2.26. The van der Waals surface area contributed by atoms with Crippen LogP contribution in [0.4, 0.5) is 5.69 Å². The number of aryl methyl sites for hydroxylation is 2. The molecule has 1 amide bonds. The lowest BCUT2D eigenvalue weighted by molar-refractivity contribution is -0.119. The van der Waals surface area contributed by atoms with Gasteiger partial charge in [-0.3, -0.25) is 4.79 Å². The van der Waals surface area contributed by atoms with Gasteiger partial charge >= 0.3 is 0 Å². The summed E-state index contributed by atoms with van der Waals surface area (Å²) in [6.45, 7) is 8.72. The van der Waals surface area contributed by atoms with Crippen molar-refractivity contribution in [2.24, 2.45) is 5.10 Å². The van der Waals surface area contributed by atoms with Crippen LogP contribution >= 0.6 is 0 Å². The van der Waals surface area contributed by atoms with Crippen molar-refractivity contribution in [3.8, 4) is 16.9 Å². The molecule has 156 valence electrons. The van der Waals surface area contributed by atoms with Gasteiger partial charge < -0.3 is 10.1 Å². The maximum Gasteiger partial charge on any atom is 0.259 e. The number of rotatable bonds is 7. The first-order chi connectivity index (χ1) is 14.4. The molecule has 5 heteroatoms. The van der Waals surface area contributed by atoms with Gasteiger partial charge in [0, 0.05) is 5.56 Å². The van der Waals surface area contributed by atoms with Crippen LogP contribution in [-0.2, 0) is 4.79 Å². The van der Waals surface area contributed by atoms with Crippen molar-refractivity contribution in [3.05, 3.63) is 70.8 Å². The predicted octanol–water partition coefficient (Wildman–Crippen LogP) is 5.10. The van der Waals surface area contributed by atoms with Gasteiger partial charge in [-0.2, -0.15) is 5.10 Å². The summed E-state index contributed by atoms with van der Waals surface area (Å²) in [6, 6.07) is 16.2. The second kappa shape index (κ2) is 9.44. The van der Waals surface area contributed by atoms with E-state index in [4.69, 9.17) is 4.74 Å². The highest BCUT2D eigenvalue weighted by Gasteiger charge is 2.15. The van der Waals surface area contributed by atoms with Gasteiger partial charge in [0.2, 0.25) is 0 Å². The maximum atomic E-state index is 12.2. The summed E-state index contributed by atoms with van der Waals surface area (Å²) in [4.78, 5) is 12.2. The van der Waals surface area contributed by atoms with Gasteiger partial charge in [0.15, 0.2) is 0 Å². The van der Waals surface area contributed by atoms with E-state index in [2.05, 4.69) is 67.8 Å². The summed E-state index contributed by atoms with van der Waals surface area (Å²) < 4.78 is 5.28. The normalized spacial score (nSPS) is 11.3. The summed E-state index contributed by atoms with van der Waals surface area (Å²) in [7, 11) is 1.60. The Hall–Kier alpha value is -3.34. The maximum absolute atomic E-state index is 12.2. The third-order valence-corrected chi connectivity index (χ3v) is 5.19. The topological polar surface area (TPSA) is 62.7 Å². The highest BCUT2D eigenvalue weighted by atomic mass is 16.5. The Bertz CT molecular complexity index is 1040. The number of hydrogen-bond donors (Lipinski definition) is 2. The Morgan fingerprint density at radius 3 is 2.60 bits per heavy atom. The number of nitrogens with zero attached hydrogens (tertiary/aromatic N) is 1. The average molecular weight is 404 g/mol. The van der Waals surface area contributed by atoms with Gasteiger partial charge in [-0.25, -0.2) is 5.43 Å². The Morgan fingerprint density at radius 1 is 1.10 bits per heavy atom. The van der Waals surface area contributed by atoms with E-state index < -0.39 is 0 Å². The summed E-state index contributed by atoms with van der Waals surface area (Å²) >= 11 is 0. The Morgan fingerprint density at radius 2 is 1.87 bits per heavy atom. The zero-order chi connectivity index (χ0) is 21.7. The van der Waals surface area contributed by atoms with Gasteiger partial charge in [0.05, 0.1) is 25.6 Å². The van der Waals surface area contributed by atoms with Crippen molar-refractivity contribution in [1.82, 2.24) is 5.43 Å². The lowest BCUT2D eigenvalue weighted by Gasteiger charge is -2.09. The summed E-state index contributed by atoms with van der Waals surface area (Å²) in [5.74, 6) is 0.923. The second-order valence-corrected chi connectivity index (χ2v) is 7.73. The highest BCUT2D eigenvalue weighted by molar-refractivity contribution is 5.96. The highest BCUT2D eigenvalue weighted by Crippen LogP contribution is 2.35. The molecule has 0 aromatic heterocycles. The summed E-state index contributed by atoms with van der Waals surface area (Å²) in [5.41, 5.74) is 10.5. The fourth-order valence-corrected chi connectivity index (χ4v) is 3.52. The monoisotopic (exact) mass is 403 g/mol. The molecule has 3 rings (SSSR count). The van der Waals surface area contributed by atoms with E-state index >= 15 is 0 Å². The van der Waals surface area contributed by atoms with Crippen LogP contribution in [-0.4, -0.2) is 25.8 Å². The number of ether oxygens (including phenoxy) is 1. The summed E-state index contributed by atoms with van der Waals surface area (Å²) in [5, 5.41) is 7.25. The van der Waals surface area contributed by atoms with Crippen molar-refractivity contribution in [2.75, 3.05) is 19.0 Å². The van der Waals surface area contributed by atoms with Crippen molar-refractivity contribution in [3.63, 3.8) is 0 Å². The number of hydrogen-bond acceptors (Lipinski definition) is 4. The standard InChI is InChI=1S/C25H29N3O2/c1-16(2)19-11-10-17(3)25-20(12-18(4)21(25)13-19)14-27-28-24(29)15-26-22-8-6-7-9-23(22)30-5/h6-14,16,26H,15H2,1-5H3,(H,28,29). The van der Waals surface area contributed by atoms with Gasteiger partial charge in [-0.15, -0.1) is 0 Å². The molecular formula is C25H29N3O2. The quantitative estimate of drug-likeness (QED) is 0.426. The molecule has 30 heavy (non-hydrogen) atoms. The number of benzene rings is 1. The molecule has 0 heterocycles. The average Bonchev–Trinajstić information content (AvgIpc) is 2.92. The number of methoxy groups -OCH3 is 1. The molecule has 0 radical (unpaired) electrons. The van der Waals surface area contributed by atoms with Crippen molar-refractivity contribution in [2.45, 2.75) is 33.6 Å². The molecule has 1 aromatic carbocycles. The molecule has 0 atom stereocenters. The minimum Gasteiger partial charge on any atom is -0.495 e. The molecule has 0 saturated heterocycles. The van der Waals surface area contributed by atoms with Crippen LogP contribution in [0.5, 0.6) is 5.75 Å². The van der Waals surface area contributed by atoms with E-state index in [9.17, 15) is 4.79 Å².